The van der Waals surface area contributed by atoms with Gasteiger partial charge in [-0.05, 0) is 49.9 Å². The Labute approximate surface area is 241 Å². The van der Waals surface area contributed by atoms with Crippen LogP contribution in [0.3, 0.4) is 0 Å². The molecule has 0 saturated carbocycles. The molecule has 0 atom stereocenters. The van der Waals surface area contributed by atoms with Gasteiger partial charge in [-0.25, -0.2) is 16.8 Å². The summed E-state index contributed by atoms with van der Waals surface area (Å²) in [5.74, 6) is 0. The molecule has 4 rings (SSSR count). The molecule has 0 unspecified atom stereocenters. The molecule has 0 radical (unpaired) electrons. The molecule has 7 nitrogen and oxygen atoms in total. The fourth-order valence-electron chi connectivity index (χ4n) is 3.08. The summed E-state index contributed by atoms with van der Waals surface area (Å²) >= 11 is 0. The van der Waals surface area contributed by atoms with Crippen molar-refractivity contribution >= 4 is 20.0 Å². The third-order valence-electron chi connectivity index (χ3n) is 5.17. The molecule has 0 saturated heterocycles. The molecule has 10 heteroatoms. The van der Waals surface area contributed by atoms with E-state index in [0.717, 1.165) is 22.4 Å². The second-order valence-electron chi connectivity index (χ2n) is 8.28. The van der Waals surface area contributed by atoms with Gasteiger partial charge in [0.05, 0.1) is 0 Å². The van der Waals surface area contributed by atoms with Crippen LogP contribution in [0.15, 0.2) is 101 Å². The first kappa shape index (κ1) is 31.6. The minimum absolute atomic E-state index is 0. The monoisotopic (exact) mass is 731 g/mol. The van der Waals surface area contributed by atoms with Gasteiger partial charge in [-0.15, -0.1) is 35.4 Å². The second-order valence-corrected chi connectivity index (χ2v) is 11.6. The van der Waals surface area contributed by atoms with Crippen LogP contribution in [-0.2, 0) is 42.4 Å². The molecule has 0 aliphatic carbocycles. The summed E-state index contributed by atoms with van der Waals surface area (Å²) in [6.07, 6.45) is 1.79. The van der Waals surface area contributed by atoms with Gasteiger partial charge in [0.2, 0.25) is 0 Å². The largest absolute Gasteiger partial charge is 3.00 e. The zero-order valence-electron chi connectivity index (χ0n) is 21.2. The van der Waals surface area contributed by atoms with E-state index >= 15 is 0 Å². The van der Waals surface area contributed by atoms with Crippen LogP contribution in [0.25, 0.3) is 20.7 Å². The van der Waals surface area contributed by atoms with Crippen LogP contribution in [-0.4, -0.2) is 34.9 Å². The standard InChI is InChI=1S/C16H18N2O4S2.C12H10N.Au/c1-13-3-7-15(8-4-13)23(19,20)17-11-12-18-24(21,22)16-9-5-14(2)6-10-16;1-10-5-7-11(8-6-10)12-4-2-3-9-13-12;/h3-10H,11-12H2,1-2H3;2-7,9H,1H3;/q-2;-1;+3. The minimum Gasteiger partial charge on any atom is -0.546 e. The molecule has 0 amide bonds. The molecular formula is C28H28AuN3O4S2. The number of sulfonamides is 2. The van der Waals surface area contributed by atoms with E-state index in [4.69, 9.17) is 0 Å². The van der Waals surface area contributed by atoms with Crippen molar-refractivity contribution in [1.82, 2.24) is 4.98 Å². The summed E-state index contributed by atoms with van der Waals surface area (Å²) in [4.78, 5) is 4.40. The van der Waals surface area contributed by atoms with Crippen molar-refractivity contribution in [2.45, 2.75) is 30.6 Å². The van der Waals surface area contributed by atoms with Gasteiger partial charge >= 0.3 is 22.4 Å². The van der Waals surface area contributed by atoms with Gasteiger partial charge in [0.25, 0.3) is 0 Å². The van der Waals surface area contributed by atoms with Crippen LogP contribution in [0, 0.1) is 26.8 Å². The Hall–Kier alpha value is -2.63. The van der Waals surface area contributed by atoms with E-state index in [1.807, 2.05) is 44.2 Å². The van der Waals surface area contributed by atoms with Gasteiger partial charge in [0, 0.05) is 16.0 Å². The molecule has 1 heterocycles. The van der Waals surface area contributed by atoms with E-state index in [1.165, 1.54) is 29.8 Å². The summed E-state index contributed by atoms with van der Waals surface area (Å²) in [6, 6.07) is 27.7. The number of nitrogens with zero attached hydrogens (tertiary/aromatic N) is 3. The first-order valence-corrected chi connectivity index (χ1v) is 14.4. The number of hydrogen-bond acceptors (Lipinski definition) is 5. The molecule has 202 valence electrons. The smallest absolute Gasteiger partial charge is 0.546 e. The number of hydrogen-bond donors (Lipinski definition) is 0. The average molecular weight is 732 g/mol. The normalized spacial score (nSPS) is 11.1. The van der Waals surface area contributed by atoms with E-state index in [1.54, 1.807) is 30.5 Å². The summed E-state index contributed by atoms with van der Waals surface area (Å²) in [6.45, 7) is 5.31. The fraction of sp³-hybridized carbons (Fsp3) is 0.179. The van der Waals surface area contributed by atoms with Gasteiger partial charge in [-0.1, -0.05) is 54.4 Å². The molecule has 0 bridgehead atoms. The Bertz CT molecular complexity index is 1420. The van der Waals surface area contributed by atoms with Gasteiger partial charge in [-0.3, -0.25) is 0 Å². The first-order chi connectivity index (χ1) is 17.6. The molecule has 0 spiro atoms. The van der Waals surface area contributed by atoms with Gasteiger partial charge < -0.3 is 14.4 Å². The zero-order chi connectivity index (χ0) is 26.9. The molecule has 4 aromatic rings. The van der Waals surface area contributed by atoms with Crippen LogP contribution in [0.1, 0.15) is 16.7 Å². The van der Waals surface area contributed by atoms with E-state index in [-0.39, 0.29) is 45.3 Å². The van der Waals surface area contributed by atoms with E-state index in [0.29, 0.717) is 0 Å². The van der Waals surface area contributed by atoms with Crippen molar-refractivity contribution in [1.29, 1.82) is 0 Å². The third kappa shape index (κ3) is 9.59. The number of aryl methyl sites for hydroxylation is 3. The minimum atomic E-state index is -3.79. The summed E-state index contributed by atoms with van der Waals surface area (Å²) in [5.41, 5.74) is 5.12. The Kier molecular flexibility index (Phi) is 12.1. The zero-order valence-corrected chi connectivity index (χ0v) is 25.0. The van der Waals surface area contributed by atoms with E-state index < -0.39 is 20.0 Å². The van der Waals surface area contributed by atoms with E-state index in [2.05, 4.69) is 33.5 Å². The Morgan fingerprint density at radius 3 is 1.53 bits per heavy atom. The summed E-state index contributed by atoms with van der Waals surface area (Å²) in [7, 11) is -7.59. The van der Waals surface area contributed by atoms with E-state index in [9.17, 15) is 16.8 Å². The predicted molar refractivity (Wildman–Crippen MR) is 146 cm³/mol. The Balaban J connectivity index is 0.000000305. The van der Waals surface area contributed by atoms with Crippen molar-refractivity contribution in [3.63, 3.8) is 0 Å². The molecule has 3 aromatic carbocycles. The van der Waals surface area contributed by atoms with Crippen LogP contribution < -0.4 is 0 Å². The molecule has 0 aliphatic rings. The first-order valence-electron chi connectivity index (χ1n) is 11.5. The predicted octanol–water partition coefficient (Wildman–Crippen LogP) is 5.98. The maximum absolute atomic E-state index is 12.0. The molecule has 38 heavy (non-hydrogen) atoms. The Morgan fingerprint density at radius 1 is 0.658 bits per heavy atom. The second kappa shape index (κ2) is 14.5. The molecular weight excluding hydrogens is 703 g/mol. The van der Waals surface area contributed by atoms with Crippen LogP contribution >= 0.6 is 0 Å². The number of benzene rings is 3. The van der Waals surface area contributed by atoms with Crippen molar-refractivity contribution in [2.24, 2.45) is 0 Å². The average Bonchev–Trinajstić information content (AvgIpc) is 2.89. The molecule has 0 fully saturated rings. The molecule has 1 aromatic heterocycles. The maximum atomic E-state index is 12.0. The summed E-state index contributed by atoms with van der Waals surface area (Å²) < 4.78 is 55.2. The van der Waals surface area contributed by atoms with Crippen LogP contribution in [0.4, 0.5) is 0 Å². The third-order valence-corrected chi connectivity index (χ3v) is 7.95. The fourth-order valence-corrected chi connectivity index (χ4v) is 4.98. The van der Waals surface area contributed by atoms with Gasteiger partial charge in [0.1, 0.15) is 20.0 Å². The van der Waals surface area contributed by atoms with Crippen molar-refractivity contribution in [3.8, 4) is 11.3 Å². The molecule has 0 N–H and O–H groups in total. The van der Waals surface area contributed by atoms with Gasteiger partial charge in [-0.2, -0.15) is 13.1 Å². The topological polar surface area (TPSA) is 109 Å². The number of rotatable bonds is 8. The van der Waals surface area contributed by atoms with Crippen molar-refractivity contribution in [3.05, 3.63) is 123 Å². The van der Waals surface area contributed by atoms with Crippen molar-refractivity contribution in [2.75, 3.05) is 13.1 Å². The number of pyridine rings is 1. The summed E-state index contributed by atoms with van der Waals surface area (Å²) in [5, 5.41) is 0. The quantitative estimate of drug-likeness (QED) is 0.126. The van der Waals surface area contributed by atoms with Gasteiger partial charge in [0.15, 0.2) is 0 Å². The van der Waals surface area contributed by atoms with Crippen LogP contribution in [0.5, 0.6) is 0 Å². The SMILES string of the molecule is Cc1c[c-]c(-c2ccccn2)cc1.Cc1ccc(S(=O)(=O)[N-]CC[N-]S(=O)(=O)c2ccc(C)cc2)cc1.[Au+3]. The van der Waals surface area contributed by atoms with Crippen LogP contribution in [0.2, 0.25) is 0 Å². The number of aromatic nitrogens is 1. The molecule has 0 aliphatic heterocycles. The Morgan fingerprint density at radius 2 is 1.13 bits per heavy atom. The maximum Gasteiger partial charge on any atom is 3.00 e. The van der Waals surface area contributed by atoms with Crippen molar-refractivity contribution < 1.29 is 39.2 Å².